The Kier molecular flexibility index (Phi) is 4.43. The van der Waals surface area contributed by atoms with Crippen LogP contribution < -0.4 is 5.32 Å². The summed E-state index contributed by atoms with van der Waals surface area (Å²) in [7, 11) is 0. The first kappa shape index (κ1) is 17.3. The maximum Gasteiger partial charge on any atom is 0.256 e. The predicted molar refractivity (Wildman–Crippen MR) is 99.0 cm³/mol. The van der Waals surface area contributed by atoms with Gasteiger partial charge in [-0.1, -0.05) is 24.8 Å². The van der Waals surface area contributed by atoms with Crippen molar-refractivity contribution in [2.24, 2.45) is 11.8 Å². The Morgan fingerprint density at radius 2 is 1.93 bits per heavy atom. The number of rotatable bonds is 5. The molecule has 0 saturated heterocycles. The molecule has 8 nitrogen and oxygen atoms in total. The van der Waals surface area contributed by atoms with Gasteiger partial charge in [-0.3, -0.25) is 4.79 Å². The van der Waals surface area contributed by atoms with Gasteiger partial charge in [0, 0.05) is 24.0 Å². The first-order valence-electron chi connectivity index (χ1n) is 8.60. The number of aliphatic hydroxyl groups excluding tert-OH is 2. The highest BCUT2D eigenvalue weighted by Gasteiger charge is 2.45. The number of carbonyl (C=O) groups is 1. The Morgan fingerprint density at radius 3 is 2.63 bits per heavy atom. The van der Waals surface area contributed by atoms with Gasteiger partial charge in [0.25, 0.3) is 5.91 Å². The topological polar surface area (TPSA) is 113 Å². The molecule has 2 aromatic heterocycles. The first-order valence-corrected chi connectivity index (χ1v) is 8.60. The minimum Gasteiger partial charge on any atom is -0.396 e. The van der Waals surface area contributed by atoms with Gasteiger partial charge in [-0.25, -0.2) is 15.0 Å². The summed E-state index contributed by atoms with van der Waals surface area (Å²) in [6.45, 7) is 3.91. The van der Waals surface area contributed by atoms with E-state index < -0.39 is 0 Å². The highest BCUT2D eigenvalue weighted by atomic mass is 16.3. The van der Waals surface area contributed by atoms with Gasteiger partial charge in [0.2, 0.25) is 0 Å². The van der Waals surface area contributed by atoms with E-state index >= 15 is 0 Å². The number of aromatic nitrogens is 4. The number of nitrogens with one attached hydrogen (secondary N) is 1. The molecule has 1 aliphatic carbocycles. The van der Waals surface area contributed by atoms with Crippen molar-refractivity contribution in [3.63, 3.8) is 0 Å². The zero-order chi connectivity index (χ0) is 19.0. The quantitative estimate of drug-likeness (QED) is 0.589. The summed E-state index contributed by atoms with van der Waals surface area (Å²) in [5.74, 6) is -0.266. The smallest absolute Gasteiger partial charge is 0.256 e. The molecular formula is C19H19N5O3. The lowest BCUT2D eigenvalue weighted by Gasteiger charge is -2.46. The van der Waals surface area contributed by atoms with E-state index in [0.29, 0.717) is 22.5 Å². The number of aliphatic hydroxyl groups is 2. The van der Waals surface area contributed by atoms with Crippen LogP contribution in [0, 0.1) is 11.8 Å². The van der Waals surface area contributed by atoms with Crippen LogP contribution in [0.1, 0.15) is 16.4 Å². The fraction of sp³-hybridized carbons (Fsp3) is 0.263. The standard InChI is InChI=1S/C19H19N5O3/c1-11-13(7-25)14(8-26)16(11)24-10-22-15-17(20-9-21-18(15)24)23-19(27)12-5-3-2-4-6-12/h2-6,9-10,13-14,16,25-26H,1,7-8H2,(H,20,21,23,27)/t13-,14+,16+/m1/s1. The van der Waals surface area contributed by atoms with E-state index in [-0.39, 0.29) is 37.0 Å². The largest absolute Gasteiger partial charge is 0.396 e. The molecule has 3 atom stereocenters. The van der Waals surface area contributed by atoms with Gasteiger partial charge >= 0.3 is 0 Å². The maximum absolute atomic E-state index is 12.4. The van der Waals surface area contributed by atoms with Crippen molar-refractivity contribution in [1.29, 1.82) is 0 Å². The van der Waals surface area contributed by atoms with E-state index in [1.807, 2.05) is 10.6 Å². The van der Waals surface area contributed by atoms with Crippen molar-refractivity contribution in [3.8, 4) is 0 Å². The van der Waals surface area contributed by atoms with E-state index in [2.05, 4.69) is 26.8 Å². The van der Waals surface area contributed by atoms with Gasteiger partial charge in [-0.15, -0.1) is 0 Å². The van der Waals surface area contributed by atoms with Crippen LogP contribution in [-0.4, -0.2) is 48.9 Å². The number of anilines is 1. The summed E-state index contributed by atoms with van der Waals surface area (Å²) in [5, 5.41) is 21.9. The van der Waals surface area contributed by atoms with E-state index in [0.717, 1.165) is 5.57 Å². The third kappa shape index (κ3) is 2.79. The van der Waals surface area contributed by atoms with E-state index in [9.17, 15) is 15.0 Å². The van der Waals surface area contributed by atoms with Crippen LogP contribution in [-0.2, 0) is 0 Å². The zero-order valence-electron chi connectivity index (χ0n) is 14.5. The second-order valence-corrected chi connectivity index (χ2v) is 6.52. The van der Waals surface area contributed by atoms with Crippen molar-refractivity contribution < 1.29 is 15.0 Å². The third-order valence-electron chi connectivity index (χ3n) is 5.11. The molecule has 0 radical (unpaired) electrons. The molecule has 1 aromatic carbocycles. The van der Waals surface area contributed by atoms with Crippen molar-refractivity contribution in [2.75, 3.05) is 18.5 Å². The summed E-state index contributed by atoms with van der Waals surface area (Å²) < 4.78 is 1.81. The number of fused-ring (bicyclic) bond motifs is 1. The van der Waals surface area contributed by atoms with E-state index in [1.54, 1.807) is 30.6 Å². The molecule has 1 aliphatic rings. The molecule has 8 heteroatoms. The second kappa shape index (κ2) is 6.90. The molecule has 3 N–H and O–H groups in total. The summed E-state index contributed by atoms with van der Waals surface area (Å²) in [6, 6.07) is 8.63. The van der Waals surface area contributed by atoms with Gasteiger partial charge in [-0.05, 0) is 17.7 Å². The Labute approximate surface area is 155 Å². The number of carbonyl (C=O) groups excluding carboxylic acids is 1. The highest BCUT2D eigenvalue weighted by Crippen LogP contribution is 2.48. The van der Waals surface area contributed by atoms with Gasteiger partial charge in [0.1, 0.15) is 6.33 Å². The summed E-state index contributed by atoms with van der Waals surface area (Å²) in [4.78, 5) is 25.2. The second-order valence-electron chi connectivity index (χ2n) is 6.52. The number of nitrogens with zero attached hydrogens (tertiary/aromatic N) is 4. The Hall–Kier alpha value is -3.10. The molecule has 1 fully saturated rings. The third-order valence-corrected chi connectivity index (χ3v) is 5.11. The van der Waals surface area contributed by atoms with Gasteiger partial charge in [-0.2, -0.15) is 0 Å². The molecule has 1 saturated carbocycles. The Bertz CT molecular complexity index is 1000. The molecule has 3 aromatic rings. The van der Waals surface area contributed by atoms with Gasteiger partial charge in [0.05, 0.1) is 19.0 Å². The minimum absolute atomic E-state index is 0.0550. The summed E-state index contributed by atoms with van der Waals surface area (Å²) in [5.41, 5.74) is 2.33. The molecule has 0 unspecified atom stereocenters. The lowest BCUT2D eigenvalue weighted by atomic mass is 9.66. The molecule has 27 heavy (non-hydrogen) atoms. The number of benzene rings is 1. The van der Waals surface area contributed by atoms with Crippen molar-refractivity contribution in [1.82, 2.24) is 19.5 Å². The van der Waals surface area contributed by atoms with Crippen LogP contribution in [0.4, 0.5) is 5.82 Å². The van der Waals surface area contributed by atoms with E-state index in [4.69, 9.17) is 0 Å². The van der Waals surface area contributed by atoms with Gasteiger partial charge < -0.3 is 20.1 Å². The molecule has 2 heterocycles. The van der Waals surface area contributed by atoms with Crippen LogP contribution in [0.5, 0.6) is 0 Å². The lowest BCUT2D eigenvalue weighted by molar-refractivity contribution is 0.0536. The average molecular weight is 365 g/mol. The average Bonchev–Trinajstić information content (AvgIpc) is 3.11. The lowest BCUT2D eigenvalue weighted by Crippen LogP contribution is -2.44. The normalized spacial score (nSPS) is 21.9. The Morgan fingerprint density at radius 1 is 1.15 bits per heavy atom. The van der Waals surface area contributed by atoms with Crippen LogP contribution in [0.15, 0.2) is 55.1 Å². The number of hydrogen-bond donors (Lipinski definition) is 3. The highest BCUT2D eigenvalue weighted by molar-refractivity contribution is 6.06. The molecule has 138 valence electrons. The monoisotopic (exact) mass is 365 g/mol. The summed E-state index contributed by atoms with van der Waals surface area (Å²) >= 11 is 0. The predicted octanol–water partition coefficient (Wildman–Crippen LogP) is 1.41. The number of amides is 1. The van der Waals surface area contributed by atoms with Crippen molar-refractivity contribution in [2.45, 2.75) is 6.04 Å². The van der Waals surface area contributed by atoms with E-state index in [1.165, 1.54) is 6.33 Å². The molecular weight excluding hydrogens is 346 g/mol. The molecule has 0 aliphatic heterocycles. The van der Waals surface area contributed by atoms with Gasteiger partial charge in [0.15, 0.2) is 17.0 Å². The minimum atomic E-state index is -0.285. The fourth-order valence-corrected chi connectivity index (χ4v) is 3.65. The SMILES string of the molecule is C=C1[C@@H](CO)[C@H](CO)[C@H]1n1cnc2c(NC(=O)c3ccccc3)ncnc21. The van der Waals surface area contributed by atoms with Crippen molar-refractivity contribution in [3.05, 3.63) is 60.7 Å². The zero-order valence-corrected chi connectivity index (χ0v) is 14.5. The first-order chi connectivity index (χ1) is 13.2. The van der Waals surface area contributed by atoms with Crippen LogP contribution in [0.3, 0.4) is 0 Å². The number of imidazole rings is 1. The summed E-state index contributed by atoms with van der Waals surface area (Å²) in [6.07, 6.45) is 2.96. The van der Waals surface area contributed by atoms with Crippen molar-refractivity contribution >= 4 is 22.9 Å². The Balaban J connectivity index is 1.67. The number of hydrogen-bond acceptors (Lipinski definition) is 6. The van der Waals surface area contributed by atoms with Crippen LogP contribution in [0.25, 0.3) is 11.2 Å². The van der Waals surface area contributed by atoms with Crippen LogP contribution in [0.2, 0.25) is 0 Å². The fourth-order valence-electron chi connectivity index (χ4n) is 3.65. The molecule has 0 spiro atoms. The molecule has 4 rings (SSSR count). The van der Waals surface area contributed by atoms with Crippen LogP contribution >= 0.6 is 0 Å². The maximum atomic E-state index is 12.4. The molecule has 1 amide bonds. The molecule has 0 bridgehead atoms.